The summed E-state index contributed by atoms with van der Waals surface area (Å²) in [4.78, 5) is 13.4. The normalized spacial score (nSPS) is 18.5. The highest BCUT2D eigenvalue weighted by molar-refractivity contribution is 6.11. The van der Waals surface area contributed by atoms with Crippen molar-refractivity contribution in [2.45, 2.75) is 63.2 Å². The number of halogens is 2. The zero-order valence-corrected chi connectivity index (χ0v) is 14.9. The molecule has 2 fully saturated rings. The molecule has 0 atom stereocenters. The fraction of sp³-hybridized carbons (Fsp3) is 0.435. The summed E-state index contributed by atoms with van der Waals surface area (Å²) in [5.41, 5.74) is 1.91. The molecule has 0 bridgehead atoms. The van der Waals surface area contributed by atoms with Crippen molar-refractivity contribution in [2.24, 2.45) is 0 Å². The molecular formula is C23H24F2O. The molecule has 0 heterocycles. The van der Waals surface area contributed by atoms with Crippen molar-refractivity contribution in [3.05, 3.63) is 70.3 Å². The molecule has 0 aromatic heterocycles. The molecular weight excluding hydrogens is 330 g/mol. The summed E-state index contributed by atoms with van der Waals surface area (Å²) in [6.07, 6.45) is 7.94. The molecule has 0 saturated heterocycles. The Morgan fingerprint density at radius 1 is 0.692 bits per heavy atom. The Kier molecular flexibility index (Phi) is 4.88. The topological polar surface area (TPSA) is 17.1 Å². The summed E-state index contributed by atoms with van der Waals surface area (Å²) in [6, 6.07) is 9.48. The number of hydrogen-bond acceptors (Lipinski definition) is 1. The zero-order valence-electron chi connectivity index (χ0n) is 14.9. The first-order valence-corrected chi connectivity index (χ1v) is 9.78. The minimum absolute atomic E-state index is 0.0960. The molecule has 26 heavy (non-hydrogen) atoms. The van der Waals surface area contributed by atoms with Crippen molar-refractivity contribution < 1.29 is 13.6 Å². The van der Waals surface area contributed by atoms with Crippen molar-refractivity contribution in [2.75, 3.05) is 0 Å². The van der Waals surface area contributed by atoms with E-state index in [4.69, 9.17) is 0 Å². The van der Waals surface area contributed by atoms with E-state index in [9.17, 15) is 13.6 Å². The van der Waals surface area contributed by atoms with Crippen LogP contribution in [-0.2, 0) is 0 Å². The van der Waals surface area contributed by atoms with Gasteiger partial charge in [0.05, 0.1) is 0 Å². The van der Waals surface area contributed by atoms with Crippen LogP contribution in [0.25, 0.3) is 0 Å². The third-order valence-electron chi connectivity index (χ3n) is 6.12. The molecule has 136 valence electrons. The van der Waals surface area contributed by atoms with Gasteiger partial charge < -0.3 is 0 Å². The molecule has 2 aliphatic carbocycles. The number of hydrogen-bond donors (Lipinski definition) is 0. The Balaban J connectivity index is 1.80. The summed E-state index contributed by atoms with van der Waals surface area (Å²) in [6.45, 7) is 0. The van der Waals surface area contributed by atoms with E-state index < -0.39 is 0 Å². The van der Waals surface area contributed by atoms with Crippen molar-refractivity contribution in [3.63, 3.8) is 0 Å². The average Bonchev–Trinajstić information content (AvgIpc) is 3.34. The fourth-order valence-electron chi connectivity index (χ4n) is 4.87. The van der Waals surface area contributed by atoms with Crippen LogP contribution < -0.4 is 0 Å². The van der Waals surface area contributed by atoms with E-state index in [2.05, 4.69) is 0 Å². The monoisotopic (exact) mass is 354 g/mol. The average molecular weight is 354 g/mol. The molecule has 4 rings (SSSR count). The minimum Gasteiger partial charge on any atom is -0.289 e. The summed E-state index contributed by atoms with van der Waals surface area (Å²) in [7, 11) is 0. The largest absolute Gasteiger partial charge is 0.289 e. The summed E-state index contributed by atoms with van der Waals surface area (Å²) < 4.78 is 29.3. The number of rotatable bonds is 4. The number of ketones is 1. The van der Waals surface area contributed by atoms with Crippen LogP contribution in [0.2, 0.25) is 0 Å². The van der Waals surface area contributed by atoms with Crippen LogP contribution in [0.3, 0.4) is 0 Å². The zero-order chi connectivity index (χ0) is 18.1. The van der Waals surface area contributed by atoms with Crippen LogP contribution in [0.15, 0.2) is 36.4 Å². The van der Waals surface area contributed by atoms with E-state index in [0.717, 1.165) is 51.4 Å². The molecule has 0 unspecified atom stereocenters. The first-order chi connectivity index (χ1) is 12.7. The van der Waals surface area contributed by atoms with Gasteiger partial charge in [-0.3, -0.25) is 4.79 Å². The Morgan fingerprint density at radius 2 is 1.08 bits per heavy atom. The first kappa shape index (κ1) is 17.4. The molecule has 0 N–H and O–H groups in total. The second kappa shape index (κ2) is 7.30. The molecule has 3 heteroatoms. The van der Waals surface area contributed by atoms with Gasteiger partial charge in [-0.15, -0.1) is 0 Å². The molecule has 1 nitrogen and oxygen atoms in total. The highest BCUT2D eigenvalue weighted by Gasteiger charge is 2.30. The lowest BCUT2D eigenvalue weighted by Gasteiger charge is -2.19. The van der Waals surface area contributed by atoms with Gasteiger partial charge in [-0.1, -0.05) is 49.9 Å². The quantitative estimate of drug-likeness (QED) is 0.572. The van der Waals surface area contributed by atoms with Gasteiger partial charge in [-0.05, 0) is 49.7 Å². The summed E-state index contributed by atoms with van der Waals surface area (Å²) >= 11 is 0. The maximum Gasteiger partial charge on any atom is 0.193 e. The third-order valence-corrected chi connectivity index (χ3v) is 6.12. The maximum atomic E-state index is 14.6. The standard InChI is InChI=1S/C23H24F2O/c24-19-13-5-11-17(21(19)15-7-1-2-8-15)23(26)18-12-6-14-20(25)22(18)16-9-3-4-10-16/h5-6,11-16H,1-4,7-10H2. The van der Waals surface area contributed by atoms with Crippen LogP contribution in [0.1, 0.15) is 90.3 Å². The molecule has 0 spiro atoms. The van der Waals surface area contributed by atoms with Gasteiger partial charge in [0, 0.05) is 22.3 Å². The van der Waals surface area contributed by atoms with Gasteiger partial charge in [0.15, 0.2) is 5.78 Å². The molecule has 2 saturated carbocycles. The van der Waals surface area contributed by atoms with Gasteiger partial charge >= 0.3 is 0 Å². The molecule has 2 aromatic carbocycles. The Bertz CT molecular complexity index is 747. The molecule has 0 aliphatic heterocycles. The smallest absolute Gasteiger partial charge is 0.193 e. The van der Waals surface area contributed by atoms with Crippen molar-refractivity contribution in [3.8, 4) is 0 Å². The molecule has 2 aliphatic rings. The van der Waals surface area contributed by atoms with Gasteiger partial charge in [0.25, 0.3) is 0 Å². The van der Waals surface area contributed by atoms with Gasteiger partial charge in [-0.2, -0.15) is 0 Å². The number of carbonyl (C=O) groups excluding carboxylic acids is 1. The van der Waals surface area contributed by atoms with E-state index in [-0.39, 0.29) is 29.3 Å². The number of carbonyl (C=O) groups is 1. The van der Waals surface area contributed by atoms with Crippen molar-refractivity contribution in [1.82, 2.24) is 0 Å². The van der Waals surface area contributed by atoms with E-state index in [1.807, 2.05) is 0 Å². The van der Waals surface area contributed by atoms with Gasteiger partial charge in [-0.25, -0.2) is 8.78 Å². The molecule has 2 aromatic rings. The van der Waals surface area contributed by atoms with Gasteiger partial charge in [0.1, 0.15) is 11.6 Å². The van der Waals surface area contributed by atoms with Gasteiger partial charge in [0.2, 0.25) is 0 Å². The molecule has 0 radical (unpaired) electrons. The highest BCUT2D eigenvalue weighted by Crippen LogP contribution is 2.40. The van der Waals surface area contributed by atoms with Crippen LogP contribution >= 0.6 is 0 Å². The van der Waals surface area contributed by atoms with Crippen LogP contribution in [0.4, 0.5) is 8.78 Å². The Morgan fingerprint density at radius 3 is 1.46 bits per heavy atom. The predicted octanol–water partition coefficient (Wildman–Crippen LogP) is 6.51. The van der Waals surface area contributed by atoms with E-state index in [0.29, 0.717) is 22.3 Å². The first-order valence-electron chi connectivity index (χ1n) is 9.78. The van der Waals surface area contributed by atoms with Crippen LogP contribution in [0, 0.1) is 11.6 Å². The van der Waals surface area contributed by atoms with Crippen molar-refractivity contribution >= 4 is 5.78 Å². The summed E-state index contributed by atoms with van der Waals surface area (Å²) in [5.74, 6) is -0.645. The van der Waals surface area contributed by atoms with E-state index in [1.54, 1.807) is 24.3 Å². The van der Waals surface area contributed by atoms with Crippen LogP contribution in [0.5, 0.6) is 0 Å². The predicted molar refractivity (Wildman–Crippen MR) is 98.7 cm³/mol. The number of benzene rings is 2. The molecule has 0 amide bonds. The minimum atomic E-state index is -0.304. The maximum absolute atomic E-state index is 14.6. The Hall–Kier alpha value is -2.03. The van der Waals surface area contributed by atoms with Crippen LogP contribution in [-0.4, -0.2) is 5.78 Å². The second-order valence-corrected chi connectivity index (χ2v) is 7.69. The SMILES string of the molecule is O=C(c1cccc(F)c1C1CCCC1)c1cccc(F)c1C1CCCC1. The van der Waals surface area contributed by atoms with E-state index >= 15 is 0 Å². The van der Waals surface area contributed by atoms with E-state index in [1.165, 1.54) is 12.1 Å². The second-order valence-electron chi connectivity index (χ2n) is 7.69. The third kappa shape index (κ3) is 3.08. The Labute approximate surface area is 153 Å². The highest BCUT2D eigenvalue weighted by atomic mass is 19.1. The lowest BCUT2D eigenvalue weighted by Crippen LogP contribution is -2.14. The van der Waals surface area contributed by atoms with Crippen molar-refractivity contribution in [1.29, 1.82) is 0 Å². The lowest BCUT2D eigenvalue weighted by molar-refractivity contribution is 0.103. The fourth-order valence-corrected chi connectivity index (χ4v) is 4.87. The summed E-state index contributed by atoms with van der Waals surface area (Å²) in [5, 5.41) is 0. The lowest BCUT2D eigenvalue weighted by atomic mass is 9.84.